The SMILES string of the molecule is Cl.N[C@@H](c1cc(Br)ccc1O)C(F)(F)F. The van der Waals surface area contributed by atoms with E-state index in [2.05, 4.69) is 15.9 Å². The van der Waals surface area contributed by atoms with Gasteiger partial charge in [-0.15, -0.1) is 12.4 Å². The number of aromatic hydroxyl groups is 1. The minimum Gasteiger partial charge on any atom is -0.508 e. The van der Waals surface area contributed by atoms with Gasteiger partial charge in [-0.1, -0.05) is 15.9 Å². The van der Waals surface area contributed by atoms with Crippen molar-refractivity contribution in [2.75, 3.05) is 0 Å². The van der Waals surface area contributed by atoms with Gasteiger partial charge >= 0.3 is 6.18 Å². The zero-order valence-corrected chi connectivity index (χ0v) is 9.66. The van der Waals surface area contributed by atoms with E-state index in [0.29, 0.717) is 4.47 Å². The predicted octanol–water partition coefficient (Wildman–Crippen LogP) is 3.14. The van der Waals surface area contributed by atoms with Crippen LogP contribution < -0.4 is 5.73 Å². The van der Waals surface area contributed by atoms with Crippen LogP contribution in [0.1, 0.15) is 11.6 Å². The normalized spacial score (nSPS) is 13.1. The van der Waals surface area contributed by atoms with Crippen LogP contribution in [-0.4, -0.2) is 11.3 Å². The van der Waals surface area contributed by atoms with Gasteiger partial charge in [-0.05, 0) is 18.2 Å². The van der Waals surface area contributed by atoms with Crippen LogP contribution in [0, 0.1) is 0 Å². The third kappa shape index (κ3) is 3.55. The molecule has 1 aromatic rings. The lowest BCUT2D eigenvalue weighted by Gasteiger charge is -2.17. The highest BCUT2D eigenvalue weighted by Gasteiger charge is 2.39. The molecule has 0 bridgehead atoms. The summed E-state index contributed by atoms with van der Waals surface area (Å²) in [5, 5.41) is 9.17. The molecule has 0 aliphatic carbocycles. The largest absolute Gasteiger partial charge is 0.508 e. The number of nitrogens with two attached hydrogens (primary N) is 1. The quantitative estimate of drug-likeness (QED) is 0.837. The van der Waals surface area contributed by atoms with Crippen molar-refractivity contribution >= 4 is 28.3 Å². The fourth-order valence-corrected chi connectivity index (χ4v) is 1.33. The highest BCUT2D eigenvalue weighted by molar-refractivity contribution is 9.10. The number of hydrogen-bond donors (Lipinski definition) is 2. The Balaban J connectivity index is 0.00000196. The Bertz CT molecular complexity index is 345. The highest BCUT2D eigenvalue weighted by atomic mass is 79.9. The van der Waals surface area contributed by atoms with Crippen molar-refractivity contribution in [1.29, 1.82) is 0 Å². The Kier molecular flexibility index (Phi) is 4.89. The van der Waals surface area contributed by atoms with Crippen LogP contribution in [0.15, 0.2) is 22.7 Å². The zero-order chi connectivity index (χ0) is 10.9. The molecule has 0 spiro atoms. The van der Waals surface area contributed by atoms with E-state index in [-0.39, 0.29) is 18.0 Å². The van der Waals surface area contributed by atoms with E-state index in [1.807, 2.05) is 0 Å². The molecule has 0 radical (unpaired) electrons. The Hall–Kier alpha value is -0.460. The van der Waals surface area contributed by atoms with E-state index >= 15 is 0 Å². The minimum atomic E-state index is -4.56. The molecule has 0 unspecified atom stereocenters. The summed E-state index contributed by atoms with van der Waals surface area (Å²) in [6, 6.07) is 1.57. The van der Waals surface area contributed by atoms with Gasteiger partial charge in [0.15, 0.2) is 0 Å². The lowest BCUT2D eigenvalue weighted by atomic mass is 10.1. The molecule has 2 nitrogen and oxygen atoms in total. The second-order valence-corrected chi connectivity index (χ2v) is 3.64. The molecule has 1 aromatic carbocycles. The minimum absolute atomic E-state index is 0. The van der Waals surface area contributed by atoms with Gasteiger partial charge < -0.3 is 10.8 Å². The summed E-state index contributed by atoms with van der Waals surface area (Å²) < 4.78 is 37.0. The summed E-state index contributed by atoms with van der Waals surface area (Å²) in [6.07, 6.45) is -4.56. The van der Waals surface area contributed by atoms with Crippen molar-refractivity contribution in [2.24, 2.45) is 5.73 Å². The maximum absolute atomic E-state index is 12.2. The number of hydrogen-bond acceptors (Lipinski definition) is 2. The van der Waals surface area contributed by atoms with Gasteiger partial charge in [0.05, 0.1) is 0 Å². The molecule has 0 heterocycles. The lowest BCUT2D eigenvalue weighted by molar-refractivity contribution is -0.149. The van der Waals surface area contributed by atoms with Gasteiger partial charge in [-0.2, -0.15) is 13.2 Å². The molecule has 15 heavy (non-hydrogen) atoms. The molecule has 0 aliphatic rings. The number of alkyl halides is 3. The van der Waals surface area contributed by atoms with E-state index in [4.69, 9.17) is 10.8 Å². The Morgan fingerprint density at radius 3 is 2.33 bits per heavy atom. The fourth-order valence-electron chi connectivity index (χ4n) is 0.951. The molecule has 7 heteroatoms. The van der Waals surface area contributed by atoms with Crippen molar-refractivity contribution in [1.82, 2.24) is 0 Å². The fraction of sp³-hybridized carbons (Fsp3) is 0.250. The molecule has 3 N–H and O–H groups in total. The van der Waals surface area contributed by atoms with Crippen molar-refractivity contribution in [3.63, 3.8) is 0 Å². The maximum Gasteiger partial charge on any atom is 0.407 e. The van der Waals surface area contributed by atoms with Crippen LogP contribution in [0.4, 0.5) is 13.2 Å². The molecule has 0 saturated carbocycles. The third-order valence-corrected chi connectivity index (χ3v) is 2.17. The van der Waals surface area contributed by atoms with Crippen LogP contribution in [0.5, 0.6) is 5.75 Å². The Labute approximate surface area is 98.8 Å². The monoisotopic (exact) mass is 305 g/mol. The van der Waals surface area contributed by atoms with Crippen LogP contribution >= 0.6 is 28.3 Å². The summed E-state index contributed by atoms with van der Waals surface area (Å²) in [6.45, 7) is 0. The van der Waals surface area contributed by atoms with E-state index in [1.54, 1.807) is 0 Å². The Morgan fingerprint density at radius 2 is 1.87 bits per heavy atom. The van der Waals surface area contributed by atoms with Gasteiger partial charge in [0.25, 0.3) is 0 Å². The number of phenols is 1. The third-order valence-electron chi connectivity index (χ3n) is 1.68. The summed E-state index contributed by atoms with van der Waals surface area (Å²) >= 11 is 3.00. The topological polar surface area (TPSA) is 46.2 Å². The lowest BCUT2D eigenvalue weighted by Crippen LogP contribution is -2.28. The molecule has 0 aliphatic heterocycles. The van der Waals surface area contributed by atoms with E-state index < -0.39 is 18.0 Å². The molecule has 1 rings (SSSR count). The second kappa shape index (κ2) is 5.05. The van der Waals surface area contributed by atoms with Gasteiger partial charge in [-0.25, -0.2) is 0 Å². The molecule has 1 atom stereocenters. The summed E-state index contributed by atoms with van der Waals surface area (Å²) in [5.74, 6) is -0.460. The van der Waals surface area contributed by atoms with Gasteiger partial charge in [0, 0.05) is 10.0 Å². The van der Waals surface area contributed by atoms with E-state index in [1.165, 1.54) is 6.07 Å². The zero-order valence-electron chi connectivity index (χ0n) is 7.25. The van der Waals surface area contributed by atoms with Crippen LogP contribution in [-0.2, 0) is 0 Å². The first-order valence-corrected chi connectivity index (χ1v) is 4.42. The standard InChI is InChI=1S/C8H7BrF3NO.ClH/c9-4-1-2-6(14)5(3-4)7(13)8(10,11)12;/h1-3,7,14H,13H2;1H/t7-;/m0./s1. The first-order valence-electron chi connectivity index (χ1n) is 3.63. The summed E-state index contributed by atoms with van der Waals surface area (Å²) in [4.78, 5) is 0. The summed E-state index contributed by atoms with van der Waals surface area (Å²) in [7, 11) is 0. The van der Waals surface area contributed by atoms with E-state index in [0.717, 1.165) is 12.1 Å². The molecule has 0 amide bonds. The predicted molar refractivity (Wildman–Crippen MR) is 56.0 cm³/mol. The number of rotatable bonds is 1. The van der Waals surface area contributed by atoms with Gasteiger partial charge in [-0.3, -0.25) is 0 Å². The van der Waals surface area contributed by atoms with Gasteiger partial charge in [0.1, 0.15) is 11.8 Å². The van der Waals surface area contributed by atoms with Crippen LogP contribution in [0.2, 0.25) is 0 Å². The number of benzene rings is 1. The van der Waals surface area contributed by atoms with Crippen molar-refractivity contribution < 1.29 is 18.3 Å². The molecule has 0 saturated heterocycles. The van der Waals surface area contributed by atoms with Crippen LogP contribution in [0.3, 0.4) is 0 Å². The van der Waals surface area contributed by atoms with Gasteiger partial charge in [0.2, 0.25) is 0 Å². The molecule has 0 aromatic heterocycles. The second-order valence-electron chi connectivity index (χ2n) is 2.72. The molecule has 86 valence electrons. The van der Waals surface area contributed by atoms with Crippen molar-refractivity contribution in [2.45, 2.75) is 12.2 Å². The van der Waals surface area contributed by atoms with Crippen molar-refractivity contribution in [3.8, 4) is 5.75 Å². The first-order chi connectivity index (χ1) is 6.32. The summed E-state index contributed by atoms with van der Waals surface area (Å²) in [5.41, 5.74) is 4.60. The number of phenolic OH excluding ortho intramolecular Hbond substituents is 1. The average Bonchev–Trinajstić information content (AvgIpc) is 2.06. The first kappa shape index (κ1) is 14.5. The van der Waals surface area contributed by atoms with E-state index in [9.17, 15) is 13.2 Å². The highest BCUT2D eigenvalue weighted by Crippen LogP contribution is 2.36. The average molecular weight is 307 g/mol. The molecular formula is C8H8BrClF3NO. The smallest absolute Gasteiger partial charge is 0.407 e. The Morgan fingerprint density at radius 1 is 1.33 bits per heavy atom. The molecule has 0 fully saturated rings. The maximum atomic E-state index is 12.2. The number of halogens is 5. The van der Waals surface area contributed by atoms with Crippen molar-refractivity contribution in [3.05, 3.63) is 28.2 Å². The van der Waals surface area contributed by atoms with Crippen LogP contribution in [0.25, 0.3) is 0 Å². The molecular weight excluding hydrogens is 298 g/mol.